The second-order valence-electron chi connectivity index (χ2n) is 4.71. The van der Waals surface area contributed by atoms with Gasteiger partial charge in [0.1, 0.15) is 11.6 Å². The van der Waals surface area contributed by atoms with Gasteiger partial charge in [-0.15, -0.1) is 0 Å². The maximum Gasteiger partial charge on any atom is 0.224 e. The Morgan fingerprint density at radius 3 is 2.85 bits per heavy atom. The number of aromatic nitrogens is 1. The Balaban J connectivity index is 1.81. The molecule has 106 valence electrons. The lowest BCUT2D eigenvalue weighted by atomic mass is 10.1. The zero-order valence-electron chi connectivity index (χ0n) is 11.6. The van der Waals surface area contributed by atoms with E-state index in [4.69, 9.17) is 4.52 Å². The SMILES string of the molecule is Cc1noc(C)c1CC(=O)NCCc1cccc(F)c1. The maximum atomic E-state index is 13.0. The van der Waals surface area contributed by atoms with Gasteiger partial charge in [-0.1, -0.05) is 17.3 Å². The molecule has 1 N–H and O–H groups in total. The van der Waals surface area contributed by atoms with Gasteiger partial charge in [0.05, 0.1) is 12.1 Å². The predicted molar refractivity (Wildman–Crippen MR) is 72.8 cm³/mol. The van der Waals surface area contributed by atoms with Crippen molar-refractivity contribution in [3.8, 4) is 0 Å². The third-order valence-corrected chi connectivity index (χ3v) is 3.14. The predicted octanol–water partition coefficient (Wildman–Crippen LogP) is 2.33. The molecular weight excluding hydrogens is 259 g/mol. The molecule has 0 bridgehead atoms. The molecule has 2 rings (SSSR count). The van der Waals surface area contributed by atoms with Gasteiger partial charge in [0.25, 0.3) is 0 Å². The van der Waals surface area contributed by atoms with Gasteiger partial charge >= 0.3 is 0 Å². The fourth-order valence-corrected chi connectivity index (χ4v) is 2.02. The van der Waals surface area contributed by atoms with Gasteiger partial charge < -0.3 is 9.84 Å². The van der Waals surface area contributed by atoms with Crippen molar-refractivity contribution >= 4 is 5.91 Å². The van der Waals surface area contributed by atoms with Gasteiger partial charge in [-0.25, -0.2) is 4.39 Å². The quantitative estimate of drug-likeness (QED) is 0.912. The van der Waals surface area contributed by atoms with Crippen molar-refractivity contribution in [2.45, 2.75) is 26.7 Å². The van der Waals surface area contributed by atoms with Gasteiger partial charge in [-0.05, 0) is 38.0 Å². The van der Waals surface area contributed by atoms with Crippen LogP contribution in [-0.4, -0.2) is 17.6 Å². The minimum atomic E-state index is -0.260. The second-order valence-corrected chi connectivity index (χ2v) is 4.71. The topological polar surface area (TPSA) is 55.1 Å². The molecular formula is C15H17FN2O2. The minimum absolute atomic E-state index is 0.0872. The summed E-state index contributed by atoms with van der Waals surface area (Å²) in [4.78, 5) is 11.8. The molecule has 0 aliphatic carbocycles. The summed E-state index contributed by atoms with van der Waals surface area (Å²) in [5.74, 6) is 0.322. The standard InChI is InChI=1S/C15H17FN2O2/c1-10-14(11(2)20-18-10)9-15(19)17-7-6-12-4-3-5-13(16)8-12/h3-5,8H,6-7,9H2,1-2H3,(H,17,19). The van der Waals surface area contributed by atoms with E-state index in [1.165, 1.54) is 12.1 Å². The molecule has 0 aliphatic heterocycles. The van der Waals surface area contributed by atoms with Crippen molar-refractivity contribution in [3.63, 3.8) is 0 Å². The number of rotatable bonds is 5. The molecule has 0 unspecified atom stereocenters. The molecule has 1 heterocycles. The molecule has 1 aromatic heterocycles. The number of carbonyl (C=O) groups is 1. The van der Waals surface area contributed by atoms with E-state index in [1.807, 2.05) is 13.0 Å². The van der Waals surface area contributed by atoms with Crippen molar-refractivity contribution in [2.75, 3.05) is 6.54 Å². The Morgan fingerprint density at radius 1 is 1.40 bits per heavy atom. The Kier molecular flexibility index (Phi) is 4.50. The summed E-state index contributed by atoms with van der Waals surface area (Å²) in [6.07, 6.45) is 0.857. The number of nitrogens with zero attached hydrogens (tertiary/aromatic N) is 1. The lowest BCUT2D eigenvalue weighted by Crippen LogP contribution is -2.27. The Labute approximate surface area is 117 Å². The lowest BCUT2D eigenvalue weighted by Gasteiger charge is -2.05. The third kappa shape index (κ3) is 3.66. The van der Waals surface area contributed by atoms with E-state index in [9.17, 15) is 9.18 Å². The van der Waals surface area contributed by atoms with Crippen LogP contribution in [0.4, 0.5) is 4.39 Å². The molecule has 1 amide bonds. The lowest BCUT2D eigenvalue weighted by molar-refractivity contribution is -0.120. The van der Waals surface area contributed by atoms with E-state index in [-0.39, 0.29) is 18.1 Å². The van der Waals surface area contributed by atoms with Crippen LogP contribution in [0, 0.1) is 19.7 Å². The summed E-state index contributed by atoms with van der Waals surface area (Å²) in [5, 5.41) is 6.62. The smallest absolute Gasteiger partial charge is 0.224 e. The number of hydrogen-bond donors (Lipinski definition) is 1. The highest BCUT2D eigenvalue weighted by molar-refractivity contribution is 5.78. The van der Waals surface area contributed by atoms with Crippen LogP contribution >= 0.6 is 0 Å². The van der Waals surface area contributed by atoms with Crippen LogP contribution in [0.25, 0.3) is 0 Å². The van der Waals surface area contributed by atoms with Gasteiger partial charge in [0.2, 0.25) is 5.91 Å². The van der Waals surface area contributed by atoms with Crippen molar-refractivity contribution < 1.29 is 13.7 Å². The number of halogens is 1. The highest BCUT2D eigenvalue weighted by atomic mass is 19.1. The van der Waals surface area contributed by atoms with E-state index in [2.05, 4.69) is 10.5 Å². The molecule has 2 aromatic rings. The largest absolute Gasteiger partial charge is 0.361 e. The molecule has 1 aromatic carbocycles. The fraction of sp³-hybridized carbons (Fsp3) is 0.333. The molecule has 0 saturated heterocycles. The van der Waals surface area contributed by atoms with E-state index in [0.29, 0.717) is 18.7 Å². The molecule has 0 fully saturated rings. The number of amides is 1. The average molecular weight is 276 g/mol. The summed E-state index contributed by atoms with van der Waals surface area (Å²) in [6.45, 7) is 4.08. The van der Waals surface area contributed by atoms with Crippen molar-refractivity contribution in [2.24, 2.45) is 0 Å². The Bertz CT molecular complexity index is 588. The molecule has 4 nitrogen and oxygen atoms in total. The van der Waals surface area contributed by atoms with Crippen LogP contribution in [0.1, 0.15) is 22.6 Å². The van der Waals surface area contributed by atoms with E-state index in [1.54, 1.807) is 13.0 Å². The normalized spacial score (nSPS) is 10.6. The first-order valence-corrected chi connectivity index (χ1v) is 6.49. The molecule has 20 heavy (non-hydrogen) atoms. The van der Waals surface area contributed by atoms with Gasteiger partial charge in [-0.2, -0.15) is 0 Å². The monoisotopic (exact) mass is 276 g/mol. The number of benzene rings is 1. The number of carbonyl (C=O) groups excluding carboxylic acids is 1. The van der Waals surface area contributed by atoms with E-state index in [0.717, 1.165) is 16.8 Å². The fourth-order valence-electron chi connectivity index (χ4n) is 2.02. The first-order chi connectivity index (χ1) is 9.56. The van der Waals surface area contributed by atoms with Crippen LogP contribution in [0.3, 0.4) is 0 Å². The molecule has 0 atom stereocenters. The molecule has 0 radical (unpaired) electrons. The molecule has 0 spiro atoms. The highest BCUT2D eigenvalue weighted by Gasteiger charge is 2.12. The van der Waals surface area contributed by atoms with Gasteiger partial charge in [-0.3, -0.25) is 4.79 Å². The van der Waals surface area contributed by atoms with Crippen molar-refractivity contribution in [1.29, 1.82) is 0 Å². The second kappa shape index (κ2) is 6.32. The van der Waals surface area contributed by atoms with Crippen LogP contribution in [0.2, 0.25) is 0 Å². The molecule has 0 saturated carbocycles. The molecule has 5 heteroatoms. The van der Waals surface area contributed by atoms with Crippen LogP contribution in [0.15, 0.2) is 28.8 Å². The summed E-state index contributed by atoms with van der Waals surface area (Å²) in [6, 6.07) is 6.37. The van der Waals surface area contributed by atoms with Crippen LogP contribution in [0.5, 0.6) is 0 Å². The van der Waals surface area contributed by atoms with Gasteiger partial charge in [0.15, 0.2) is 0 Å². The Hall–Kier alpha value is -2.17. The summed E-state index contributed by atoms with van der Waals surface area (Å²) < 4.78 is 18.0. The molecule has 0 aliphatic rings. The number of nitrogens with one attached hydrogen (secondary N) is 1. The third-order valence-electron chi connectivity index (χ3n) is 3.14. The zero-order valence-corrected chi connectivity index (χ0v) is 11.6. The van der Waals surface area contributed by atoms with Gasteiger partial charge in [0, 0.05) is 12.1 Å². The zero-order chi connectivity index (χ0) is 14.5. The maximum absolute atomic E-state index is 13.0. The average Bonchev–Trinajstić information content (AvgIpc) is 2.71. The van der Waals surface area contributed by atoms with Crippen molar-refractivity contribution in [3.05, 3.63) is 52.7 Å². The number of aryl methyl sites for hydroxylation is 2. The summed E-state index contributed by atoms with van der Waals surface area (Å²) in [5.41, 5.74) is 2.43. The first-order valence-electron chi connectivity index (χ1n) is 6.49. The van der Waals surface area contributed by atoms with Crippen LogP contribution < -0.4 is 5.32 Å². The van der Waals surface area contributed by atoms with E-state index < -0.39 is 0 Å². The van der Waals surface area contributed by atoms with E-state index >= 15 is 0 Å². The minimum Gasteiger partial charge on any atom is -0.361 e. The summed E-state index contributed by atoms with van der Waals surface area (Å²) >= 11 is 0. The Morgan fingerprint density at radius 2 is 2.20 bits per heavy atom. The first kappa shape index (κ1) is 14.2. The van der Waals surface area contributed by atoms with Crippen LogP contribution in [-0.2, 0) is 17.6 Å². The summed E-state index contributed by atoms with van der Waals surface area (Å²) in [7, 11) is 0. The van der Waals surface area contributed by atoms with Crippen molar-refractivity contribution in [1.82, 2.24) is 10.5 Å². The highest BCUT2D eigenvalue weighted by Crippen LogP contribution is 2.12. The number of hydrogen-bond acceptors (Lipinski definition) is 3.